The van der Waals surface area contributed by atoms with Gasteiger partial charge in [0.25, 0.3) is 0 Å². The van der Waals surface area contributed by atoms with Crippen LogP contribution in [0.3, 0.4) is 0 Å². The van der Waals surface area contributed by atoms with Crippen LogP contribution in [0.2, 0.25) is 0 Å². The van der Waals surface area contributed by atoms with Gasteiger partial charge in [-0.05, 0) is 59.6 Å². The lowest BCUT2D eigenvalue weighted by Gasteiger charge is -2.07. The molecule has 0 aliphatic rings. The van der Waals surface area contributed by atoms with Crippen LogP contribution in [0.1, 0.15) is 11.3 Å². The van der Waals surface area contributed by atoms with E-state index in [4.69, 9.17) is 4.74 Å². The molecule has 1 heterocycles. The van der Waals surface area contributed by atoms with Crippen LogP contribution in [0.4, 0.5) is 0 Å². The highest BCUT2D eigenvalue weighted by molar-refractivity contribution is 9.10. The first-order valence-electron chi connectivity index (χ1n) is 5.13. The summed E-state index contributed by atoms with van der Waals surface area (Å²) >= 11 is 6.87. The molecule has 1 aromatic heterocycles. The van der Waals surface area contributed by atoms with E-state index in [0.29, 0.717) is 5.88 Å². The van der Waals surface area contributed by atoms with E-state index < -0.39 is 0 Å². The van der Waals surface area contributed by atoms with E-state index in [1.807, 2.05) is 44.2 Å². The maximum absolute atomic E-state index is 5.70. The molecule has 0 aliphatic heterocycles. The third kappa shape index (κ3) is 3.07. The van der Waals surface area contributed by atoms with E-state index in [-0.39, 0.29) is 0 Å². The van der Waals surface area contributed by atoms with Gasteiger partial charge >= 0.3 is 0 Å². The number of ether oxygens (including phenoxy) is 1. The molecule has 88 valence electrons. The highest BCUT2D eigenvalue weighted by atomic mass is 79.9. The number of hydrogen-bond acceptors (Lipinski definition) is 2. The Morgan fingerprint density at radius 2 is 1.71 bits per heavy atom. The van der Waals surface area contributed by atoms with Gasteiger partial charge in [0.15, 0.2) is 0 Å². The molecule has 0 N–H and O–H groups in total. The molecule has 17 heavy (non-hydrogen) atoms. The van der Waals surface area contributed by atoms with E-state index >= 15 is 0 Å². The minimum absolute atomic E-state index is 0.604. The van der Waals surface area contributed by atoms with Gasteiger partial charge in [0.1, 0.15) is 5.75 Å². The lowest BCUT2D eigenvalue weighted by Crippen LogP contribution is -1.91. The topological polar surface area (TPSA) is 22.1 Å². The van der Waals surface area contributed by atoms with Crippen molar-refractivity contribution in [1.29, 1.82) is 0 Å². The highest BCUT2D eigenvalue weighted by Gasteiger charge is 2.03. The third-order valence-electron chi connectivity index (χ3n) is 2.35. The summed E-state index contributed by atoms with van der Waals surface area (Å²) in [6.45, 7) is 3.96. The van der Waals surface area contributed by atoms with Gasteiger partial charge in [-0.25, -0.2) is 4.98 Å². The number of benzene rings is 1. The van der Waals surface area contributed by atoms with Crippen LogP contribution in [0.15, 0.2) is 39.3 Å². The molecule has 0 fully saturated rings. The van der Waals surface area contributed by atoms with Crippen molar-refractivity contribution in [2.45, 2.75) is 13.8 Å². The summed E-state index contributed by atoms with van der Waals surface area (Å²) in [5.41, 5.74) is 2.05. The number of pyridine rings is 1. The summed E-state index contributed by atoms with van der Waals surface area (Å²) in [5, 5.41) is 0. The van der Waals surface area contributed by atoms with Gasteiger partial charge in [-0.15, -0.1) is 0 Å². The quantitative estimate of drug-likeness (QED) is 0.754. The smallest absolute Gasteiger partial charge is 0.219 e. The molecular formula is C13H11Br2NO. The molecule has 2 aromatic rings. The molecule has 0 aliphatic carbocycles. The van der Waals surface area contributed by atoms with Crippen LogP contribution in [-0.2, 0) is 0 Å². The first-order chi connectivity index (χ1) is 8.06. The van der Waals surface area contributed by atoms with Gasteiger partial charge in [0.2, 0.25) is 5.88 Å². The predicted molar refractivity (Wildman–Crippen MR) is 75.6 cm³/mol. The fraction of sp³-hybridized carbons (Fsp3) is 0.154. The largest absolute Gasteiger partial charge is 0.439 e. The molecule has 4 heteroatoms. The van der Waals surface area contributed by atoms with Crippen LogP contribution in [0.5, 0.6) is 11.6 Å². The minimum atomic E-state index is 0.604. The Balaban J connectivity index is 2.25. The molecule has 0 atom stereocenters. The maximum atomic E-state index is 5.70. The fourth-order valence-corrected chi connectivity index (χ4v) is 1.85. The SMILES string of the molecule is Cc1cc(Oc2ccc(Br)c(C)n2)ccc1Br. The molecule has 0 bridgehead atoms. The molecular weight excluding hydrogens is 346 g/mol. The number of hydrogen-bond donors (Lipinski definition) is 0. The van der Waals surface area contributed by atoms with Gasteiger partial charge in [0, 0.05) is 15.0 Å². The second-order valence-electron chi connectivity index (χ2n) is 3.73. The average molecular weight is 357 g/mol. The lowest BCUT2D eigenvalue weighted by atomic mass is 10.2. The Morgan fingerprint density at radius 1 is 1.00 bits per heavy atom. The van der Waals surface area contributed by atoms with E-state index in [0.717, 1.165) is 26.0 Å². The van der Waals surface area contributed by atoms with E-state index in [1.54, 1.807) is 0 Å². The van der Waals surface area contributed by atoms with Crippen LogP contribution < -0.4 is 4.74 Å². The van der Waals surface area contributed by atoms with E-state index in [9.17, 15) is 0 Å². The van der Waals surface area contributed by atoms with Crippen LogP contribution in [0.25, 0.3) is 0 Å². The second-order valence-corrected chi connectivity index (χ2v) is 5.44. The Kier molecular flexibility index (Phi) is 3.84. The molecule has 0 spiro atoms. The van der Waals surface area contributed by atoms with Crippen molar-refractivity contribution < 1.29 is 4.74 Å². The molecule has 1 aromatic carbocycles. The van der Waals surface area contributed by atoms with Crippen LogP contribution >= 0.6 is 31.9 Å². The fourth-order valence-electron chi connectivity index (χ4n) is 1.38. The number of nitrogens with zero attached hydrogens (tertiary/aromatic N) is 1. The monoisotopic (exact) mass is 355 g/mol. The van der Waals surface area contributed by atoms with Crippen molar-refractivity contribution in [3.8, 4) is 11.6 Å². The zero-order valence-electron chi connectivity index (χ0n) is 9.50. The highest BCUT2D eigenvalue weighted by Crippen LogP contribution is 2.26. The predicted octanol–water partition coefficient (Wildman–Crippen LogP) is 5.02. The van der Waals surface area contributed by atoms with Gasteiger partial charge < -0.3 is 4.74 Å². The first kappa shape index (κ1) is 12.6. The molecule has 0 amide bonds. The Hall–Kier alpha value is -0.870. The lowest BCUT2D eigenvalue weighted by molar-refractivity contribution is 0.461. The van der Waals surface area contributed by atoms with Gasteiger partial charge in [0.05, 0.1) is 5.69 Å². The van der Waals surface area contributed by atoms with Gasteiger partial charge in [-0.1, -0.05) is 15.9 Å². The third-order valence-corrected chi connectivity index (χ3v) is 4.08. The first-order valence-corrected chi connectivity index (χ1v) is 6.72. The van der Waals surface area contributed by atoms with Gasteiger partial charge in [-0.3, -0.25) is 0 Å². The Labute approximate surface area is 117 Å². The number of rotatable bonds is 2. The van der Waals surface area contributed by atoms with Crippen LogP contribution in [0, 0.1) is 13.8 Å². The summed E-state index contributed by atoms with van der Waals surface area (Å²) in [4.78, 5) is 4.34. The van der Waals surface area contributed by atoms with Crippen molar-refractivity contribution in [2.24, 2.45) is 0 Å². The Bertz CT molecular complexity index is 506. The van der Waals surface area contributed by atoms with E-state index in [1.165, 1.54) is 0 Å². The summed E-state index contributed by atoms with van der Waals surface area (Å²) in [5.74, 6) is 1.40. The zero-order valence-corrected chi connectivity index (χ0v) is 12.7. The average Bonchev–Trinajstić information content (AvgIpc) is 2.29. The summed E-state index contributed by atoms with van der Waals surface area (Å²) in [6, 6.07) is 9.63. The van der Waals surface area contributed by atoms with Crippen molar-refractivity contribution >= 4 is 31.9 Å². The summed E-state index contributed by atoms with van der Waals surface area (Å²) in [7, 11) is 0. The number of aromatic nitrogens is 1. The van der Waals surface area contributed by atoms with Crippen molar-refractivity contribution in [3.05, 3.63) is 50.5 Å². The molecule has 0 radical (unpaired) electrons. The zero-order chi connectivity index (χ0) is 12.4. The normalized spacial score (nSPS) is 10.4. The number of aryl methyl sites for hydroxylation is 2. The van der Waals surface area contributed by atoms with Crippen molar-refractivity contribution in [2.75, 3.05) is 0 Å². The summed E-state index contributed by atoms with van der Waals surface area (Å²) < 4.78 is 7.75. The van der Waals surface area contributed by atoms with Gasteiger partial charge in [-0.2, -0.15) is 0 Å². The minimum Gasteiger partial charge on any atom is -0.439 e. The van der Waals surface area contributed by atoms with E-state index in [2.05, 4.69) is 36.8 Å². The molecule has 0 saturated heterocycles. The number of halogens is 2. The Morgan fingerprint density at radius 3 is 2.35 bits per heavy atom. The molecule has 0 unspecified atom stereocenters. The second kappa shape index (κ2) is 5.19. The van der Waals surface area contributed by atoms with Crippen LogP contribution in [-0.4, -0.2) is 4.98 Å². The molecule has 2 nitrogen and oxygen atoms in total. The molecule has 2 rings (SSSR count). The molecule has 0 saturated carbocycles. The summed E-state index contributed by atoms with van der Waals surface area (Å²) in [6.07, 6.45) is 0. The van der Waals surface area contributed by atoms with Crippen molar-refractivity contribution in [1.82, 2.24) is 4.98 Å². The standard InChI is InChI=1S/C13H11Br2NO/c1-8-7-10(3-4-11(8)14)17-13-6-5-12(15)9(2)16-13/h3-7H,1-2H3. The maximum Gasteiger partial charge on any atom is 0.219 e. The van der Waals surface area contributed by atoms with Crippen molar-refractivity contribution in [3.63, 3.8) is 0 Å².